The number of hydrogen-bond acceptors (Lipinski definition) is 2. The molecule has 21 heavy (non-hydrogen) atoms. The van der Waals surface area contributed by atoms with E-state index in [9.17, 15) is 13.2 Å². The van der Waals surface area contributed by atoms with Crippen LogP contribution in [0.4, 0.5) is 24.5 Å². The van der Waals surface area contributed by atoms with E-state index in [0.717, 1.165) is 12.1 Å². The first-order valence-corrected chi connectivity index (χ1v) is 6.81. The van der Waals surface area contributed by atoms with Crippen LogP contribution in [0, 0.1) is 11.3 Å². The Balaban J connectivity index is 2.33. The number of nitrogens with one attached hydrogen (secondary N) is 1. The van der Waals surface area contributed by atoms with Gasteiger partial charge in [-0.15, -0.1) is 0 Å². The maximum absolute atomic E-state index is 12.6. The molecule has 0 fully saturated rings. The molecule has 0 heterocycles. The zero-order valence-electron chi connectivity index (χ0n) is 10.3. The van der Waals surface area contributed by atoms with E-state index < -0.39 is 11.7 Å². The van der Waals surface area contributed by atoms with E-state index in [4.69, 9.17) is 16.9 Å². The van der Waals surface area contributed by atoms with Crippen LogP contribution in [0.2, 0.25) is 5.02 Å². The lowest BCUT2D eigenvalue weighted by Crippen LogP contribution is -2.05. The molecule has 0 atom stereocenters. The lowest BCUT2D eigenvalue weighted by molar-refractivity contribution is -0.137. The smallest absolute Gasteiger partial charge is 0.354 e. The van der Waals surface area contributed by atoms with Crippen LogP contribution in [-0.4, -0.2) is 0 Å². The fourth-order valence-electron chi connectivity index (χ4n) is 1.67. The second-order valence-electron chi connectivity index (χ2n) is 4.16. The monoisotopic (exact) mass is 374 g/mol. The molecule has 0 aliphatic heterocycles. The molecule has 0 radical (unpaired) electrons. The summed E-state index contributed by atoms with van der Waals surface area (Å²) >= 11 is 9.11. The Kier molecular flexibility index (Phi) is 4.45. The van der Waals surface area contributed by atoms with Gasteiger partial charge in [0, 0.05) is 10.2 Å². The van der Waals surface area contributed by atoms with Crippen molar-refractivity contribution in [3.63, 3.8) is 0 Å². The van der Waals surface area contributed by atoms with Gasteiger partial charge in [0.25, 0.3) is 0 Å². The van der Waals surface area contributed by atoms with Crippen molar-refractivity contribution in [1.29, 1.82) is 5.26 Å². The number of benzene rings is 2. The van der Waals surface area contributed by atoms with Crippen LogP contribution in [0.25, 0.3) is 0 Å². The van der Waals surface area contributed by atoms with Crippen LogP contribution in [0.1, 0.15) is 11.1 Å². The van der Waals surface area contributed by atoms with E-state index in [1.807, 2.05) is 6.07 Å². The van der Waals surface area contributed by atoms with Crippen LogP contribution in [-0.2, 0) is 6.18 Å². The molecule has 0 unspecified atom stereocenters. The molecular weight excluding hydrogens is 369 g/mol. The van der Waals surface area contributed by atoms with Gasteiger partial charge in [0.2, 0.25) is 0 Å². The molecule has 2 rings (SSSR count). The molecule has 2 aromatic rings. The molecule has 0 saturated carbocycles. The molecule has 0 aliphatic rings. The highest BCUT2D eigenvalue weighted by atomic mass is 79.9. The van der Waals surface area contributed by atoms with Gasteiger partial charge in [-0.25, -0.2) is 0 Å². The Bertz CT molecular complexity index is 723. The van der Waals surface area contributed by atoms with E-state index in [-0.39, 0.29) is 5.02 Å². The zero-order valence-corrected chi connectivity index (χ0v) is 12.6. The van der Waals surface area contributed by atoms with Gasteiger partial charge in [-0.1, -0.05) is 27.5 Å². The third-order valence-corrected chi connectivity index (χ3v) is 3.37. The molecule has 0 saturated heterocycles. The Morgan fingerprint density at radius 3 is 2.43 bits per heavy atom. The molecule has 108 valence electrons. The molecular formula is C14H7BrClF3N2. The number of anilines is 2. The third kappa shape index (κ3) is 3.90. The van der Waals surface area contributed by atoms with Crippen molar-refractivity contribution in [3.05, 3.63) is 57.0 Å². The number of rotatable bonds is 2. The van der Waals surface area contributed by atoms with Gasteiger partial charge < -0.3 is 5.32 Å². The van der Waals surface area contributed by atoms with Crippen molar-refractivity contribution in [2.24, 2.45) is 0 Å². The Morgan fingerprint density at radius 1 is 1.14 bits per heavy atom. The lowest BCUT2D eigenvalue weighted by atomic mass is 10.1. The highest BCUT2D eigenvalue weighted by Crippen LogP contribution is 2.35. The summed E-state index contributed by atoms with van der Waals surface area (Å²) in [6.07, 6.45) is -4.44. The number of alkyl halides is 3. The second kappa shape index (κ2) is 5.96. The topological polar surface area (TPSA) is 35.8 Å². The second-order valence-corrected chi connectivity index (χ2v) is 5.48. The Labute approximate surface area is 132 Å². The normalized spacial score (nSPS) is 11.0. The van der Waals surface area contributed by atoms with Gasteiger partial charge in [0.05, 0.1) is 27.9 Å². The maximum atomic E-state index is 12.6. The van der Waals surface area contributed by atoms with E-state index in [1.54, 1.807) is 18.2 Å². The quantitative estimate of drug-likeness (QED) is 0.727. The van der Waals surface area contributed by atoms with E-state index in [0.29, 0.717) is 21.4 Å². The number of nitrogens with zero attached hydrogens (tertiary/aromatic N) is 1. The highest BCUT2D eigenvalue weighted by Gasteiger charge is 2.30. The minimum atomic E-state index is -4.44. The van der Waals surface area contributed by atoms with Crippen molar-refractivity contribution in [3.8, 4) is 6.07 Å². The molecule has 0 bridgehead atoms. The molecule has 0 spiro atoms. The van der Waals surface area contributed by atoms with Crippen molar-refractivity contribution in [2.45, 2.75) is 6.18 Å². The van der Waals surface area contributed by atoms with Gasteiger partial charge in [-0.05, 0) is 36.4 Å². The summed E-state index contributed by atoms with van der Waals surface area (Å²) < 4.78 is 38.3. The van der Waals surface area contributed by atoms with Gasteiger partial charge in [0.15, 0.2) is 0 Å². The SMILES string of the molecule is N#Cc1cc(Br)cc(Nc2ccc(C(F)(F)F)cc2Cl)c1. The molecule has 0 aromatic heterocycles. The lowest BCUT2D eigenvalue weighted by Gasteiger charge is -2.12. The van der Waals surface area contributed by atoms with Crippen LogP contribution in [0.3, 0.4) is 0 Å². The first kappa shape index (κ1) is 15.7. The molecule has 7 heteroatoms. The first-order chi connectivity index (χ1) is 9.79. The summed E-state index contributed by atoms with van der Waals surface area (Å²) in [6.45, 7) is 0. The minimum Gasteiger partial charge on any atom is -0.354 e. The van der Waals surface area contributed by atoms with Crippen LogP contribution in [0.5, 0.6) is 0 Å². The summed E-state index contributed by atoms with van der Waals surface area (Å²) in [4.78, 5) is 0. The maximum Gasteiger partial charge on any atom is 0.416 e. The molecule has 2 nitrogen and oxygen atoms in total. The van der Waals surface area contributed by atoms with Crippen LogP contribution >= 0.6 is 27.5 Å². The first-order valence-electron chi connectivity index (χ1n) is 5.64. The van der Waals surface area contributed by atoms with Gasteiger partial charge in [-0.2, -0.15) is 18.4 Å². The number of halogens is 5. The summed E-state index contributed by atoms with van der Waals surface area (Å²) in [7, 11) is 0. The standard InChI is InChI=1S/C14H7BrClF3N2/c15-10-3-8(7-20)4-11(6-10)21-13-2-1-9(5-12(13)16)14(17,18)19/h1-6,21H. The van der Waals surface area contributed by atoms with E-state index >= 15 is 0 Å². The number of hydrogen-bond donors (Lipinski definition) is 1. The summed E-state index contributed by atoms with van der Waals surface area (Å²) in [5.74, 6) is 0. The molecule has 0 aliphatic carbocycles. The van der Waals surface area contributed by atoms with Crippen molar-refractivity contribution in [1.82, 2.24) is 0 Å². The van der Waals surface area contributed by atoms with Crippen molar-refractivity contribution < 1.29 is 13.2 Å². The predicted octanol–water partition coefficient (Wildman–Crippen LogP) is 5.74. The average molecular weight is 376 g/mol. The predicted molar refractivity (Wildman–Crippen MR) is 78.6 cm³/mol. The van der Waals surface area contributed by atoms with Gasteiger partial charge >= 0.3 is 6.18 Å². The third-order valence-electron chi connectivity index (χ3n) is 2.60. The Morgan fingerprint density at radius 2 is 1.86 bits per heavy atom. The number of nitriles is 1. The van der Waals surface area contributed by atoms with Crippen LogP contribution < -0.4 is 5.32 Å². The molecule has 0 amide bonds. The minimum absolute atomic E-state index is 0.0525. The molecule has 2 aromatic carbocycles. The van der Waals surface area contributed by atoms with Crippen molar-refractivity contribution >= 4 is 38.9 Å². The summed E-state index contributed by atoms with van der Waals surface area (Å²) in [5, 5.41) is 11.7. The van der Waals surface area contributed by atoms with Gasteiger partial charge in [0.1, 0.15) is 0 Å². The summed E-state index contributed by atoms with van der Waals surface area (Å²) in [5.41, 5.74) is 0.467. The average Bonchev–Trinajstić information content (AvgIpc) is 2.39. The highest BCUT2D eigenvalue weighted by molar-refractivity contribution is 9.10. The van der Waals surface area contributed by atoms with Crippen LogP contribution in [0.15, 0.2) is 40.9 Å². The largest absolute Gasteiger partial charge is 0.416 e. The van der Waals surface area contributed by atoms with Crippen molar-refractivity contribution in [2.75, 3.05) is 5.32 Å². The summed E-state index contributed by atoms with van der Waals surface area (Å²) in [6, 6.07) is 9.91. The molecule has 1 N–H and O–H groups in total. The van der Waals surface area contributed by atoms with E-state index in [2.05, 4.69) is 21.2 Å². The Hall–Kier alpha value is -1.71. The zero-order chi connectivity index (χ0) is 15.6. The fraction of sp³-hybridized carbons (Fsp3) is 0.0714. The fourth-order valence-corrected chi connectivity index (χ4v) is 2.40. The van der Waals surface area contributed by atoms with Gasteiger partial charge in [-0.3, -0.25) is 0 Å². The van der Waals surface area contributed by atoms with E-state index in [1.165, 1.54) is 6.07 Å².